The Morgan fingerprint density at radius 3 is 2.44 bits per heavy atom. The fourth-order valence-corrected chi connectivity index (χ4v) is 9.05. The van der Waals surface area contributed by atoms with Gasteiger partial charge in [-0.2, -0.15) is 0 Å². The average Bonchev–Trinajstić information content (AvgIpc) is 3.05. The molecule has 0 aliphatic heterocycles. The summed E-state index contributed by atoms with van der Waals surface area (Å²) in [7, 11) is 0. The van der Waals surface area contributed by atoms with Crippen molar-refractivity contribution in [1.29, 1.82) is 0 Å². The normalized spacial score (nSPS) is 46.6. The van der Waals surface area contributed by atoms with Gasteiger partial charge in [0.05, 0.1) is 11.2 Å². The SMILES string of the molecule is CC(C)[C@](C)(O)CCC[C@@H](C)[C@H]1CC[C@H]2C3CC=C4C[C@@](C)(O)CC[C@]4(C)[C@H]3CC[C@]12C. The van der Waals surface area contributed by atoms with E-state index in [-0.39, 0.29) is 0 Å². The molecule has 2 nitrogen and oxygen atoms in total. The van der Waals surface area contributed by atoms with Gasteiger partial charge in [-0.1, -0.05) is 59.1 Å². The third-order valence-corrected chi connectivity index (χ3v) is 11.7. The van der Waals surface area contributed by atoms with Crippen LogP contribution in [0.25, 0.3) is 0 Å². The summed E-state index contributed by atoms with van der Waals surface area (Å²) < 4.78 is 0. The standard InChI is InChI=1S/C30H52O2/c1-20(2)30(7,32)15-8-9-21(3)24-12-13-25-23-11-10-22-19-27(4,31)17-18-28(22,5)26(23)14-16-29(24,25)6/h10,20-21,23-26,31-32H,8-9,11-19H2,1-7H3/t21-,23?,24-,25+,26+,27+,28+,29-,30-/m1/s1. The molecule has 2 N–H and O–H groups in total. The van der Waals surface area contributed by atoms with E-state index in [9.17, 15) is 10.2 Å². The highest BCUT2D eigenvalue weighted by Gasteiger charge is 2.59. The summed E-state index contributed by atoms with van der Waals surface area (Å²) in [6.45, 7) is 16.1. The molecular formula is C30H52O2. The van der Waals surface area contributed by atoms with Crippen LogP contribution in [-0.2, 0) is 0 Å². The van der Waals surface area contributed by atoms with E-state index in [1.54, 1.807) is 5.57 Å². The molecule has 0 aromatic carbocycles. The minimum absolute atomic E-state index is 0.329. The van der Waals surface area contributed by atoms with Gasteiger partial charge in [-0.3, -0.25) is 0 Å². The number of rotatable bonds is 6. The molecule has 3 saturated carbocycles. The van der Waals surface area contributed by atoms with Crippen LogP contribution in [0.2, 0.25) is 0 Å². The van der Waals surface area contributed by atoms with Crippen LogP contribution < -0.4 is 0 Å². The van der Waals surface area contributed by atoms with Crippen molar-refractivity contribution >= 4 is 0 Å². The quantitative estimate of drug-likeness (QED) is 0.416. The van der Waals surface area contributed by atoms with E-state index in [0.29, 0.717) is 16.7 Å². The lowest BCUT2D eigenvalue weighted by Gasteiger charge is -2.59. The predicted octanol–water partition coefficient (Wildman–Crippen LogP) is 7.53. The van der Waals surface area contributed by atoms with Gasteiger partial charge < -0.3 is 10.2 Å². The van der Waals surface area contributed by atoms with Gasteiger partial charge in [0.1, 0.15) is 0 Å². The van der Waals surface area contributed by atoms with E-state index in [1.807, 2.05) is 13.8 Å². The van der Waals surface area contributed by atoms with Crippen LogP contribution in [0.15, 0.2) is 11.6 Å². The van der Waals surface area contributed by atoms with Crippen molar-refractivity contribution < 1.29 is 10.2 Å². The summed E-state index contributed by atoms with van der Waals surface area (Å²) in [6, 6.07) is 0. The minimum Gasteiger partial charge on any atom is -0.390 e. The first-order valence-electron chi connectivity index (χ1n) is 13.9. The molecule has 0 bridgehead atoms. The van der Waals surface area contributed by atoms with Crippen LogP contribution in [0.4, 0.5) is 0 Å². The Hall–Kier alpha value is -0.340. The molecule has 3 fully saturated rings. The zero-order chi connectivity index (χ0) is 23.5. The summed E-state index contributed by atoms with van der Waals surface area (Å²) in [5.41, 5.74) is 1.40. The topological polar surface area (TPSA) is 40.5 Å². The lowest BCUT2D eigenvalue weighted by Crippen LogP contribution is -2.52. The molecule has 0 spiro atoms. The van der Waals surface area contributed by atoms with E-state index in [0.717, 1.165) is 55.3 Å². The van der Waals surface area contributed by atoms with Crippen LogP contribution in [-0.4, -0.2) is 21.4 Å². The van der Waals surface area contributed by atoms with Crippen LogP contribution >= 0.6 is 0 Å². The van der Waals surface area contributed by atoms with Crippen LogP contribution in [0.1, 0.15) is 119 Å². The highest BCUT2D eigenvalue weighted by atomic mass is 16.3. The molecule has 4 rings (SSSR count). The molecule has 0 aromatic heterocycles. The number of fused-ring (bicyclic) bond motifs is 5. The van der Waals surface area contributed by atoms with E-state index in [2.05, 4.69) is 40.7 Å². The van der Waals surface area contributed by atoms with Gasteiger partial charge in [0.2, 0.25) is 0 Å². The second kappa shape index (κ2) is 8.40. The molecule has 0 radical (unpaired) electrons. The van der Waals surface area contributed by atoms with Gasteiger partial charge in [0.25, 0.3) is 0 Å². The first-order chi connectivity index (χ1) is 14.8. The third kappa shape index (κ3) is 4.15. The van der Waals surface area contributed by atoms with Crippen molar-refractivity contribution in [2.45, 2.75) is 130 Å². The largest absolute Gasteiger partial charge is 0.390 e. The Kier molecular flexibility index (Phi) is 6.50. The zero-order valence-corrected chi connectivity index (χ0v) is 22.2. The van der Waals surface area contributed by atoms with Gasteiger partial charge in [-0.25, -0.2) is 0 Å². The molecule has 2 heteroatoms. The van der Waals surface area contributed by atoms with E-state index in [4.69, 9.17) is 0 Å². The summed E-state index contributed by atoms with van der Waals surface area (Å²) in [6.07, 6.45) is 15.8. The van der Waals surface area contributed by atoms with Crippen molar-refractivity contribution in [3.05, 3.63) is 11.6 Å². The molecule has 0 heterocycles. The van der Waals surface area contributed by atoms with Crippen molar-refractivity contribution in [1.82, 2.24) is 0 Å². The molecule has 0 saturated heterocycles. The zero-order valence-electron chi connectivity index (χ0n) is 22.2. The van der Waals surface area contributed by atoms with Crippen molar-refractivity contribution in [3.63, 3.8) is 0 Å². The first-order valence-corrected chi connectivity index (χ1v) is 13.9. The molecule has 1 unspecified atom stereocenters. The Balaban J connectivity index is 1.44. The monoisotopic (exact) mass is 444 g/mol. The highest BCUT2D eigenvalue weighted by Crippen LogP contribution is 2.67. The van der Waals surface area contributed by atoms with E-state index in [1.165, 1.54) is 44.9 Å². The number of hydrogen-bond acceptors (Lipinski definition) is 2. The van der Waals surface area contributed by atoms with Gasteiger partial charge >= 0.3 is 0 Å². The third-order valence-electron chi connectivity index (χ3n) is 11.7. The van der Waals surface area contributed by atoms with Gasteiger partial charge in [0, 0.05) is 0 Å². The summed E-state index contributed by atoms with van der Waals surface area (Å²) in [5.74, 6) is 4.50. The smallest absolute Gasteiger partial charge is 0.0657 e. The van der Waals surface area contributed by atoms with E-state index < -0.39 is 11.2 Å². The maximum atomic E-state index is 10.7. The highest BCUT2D eigenvalue weighted by molar-refractivity contribution is 5.26. The summed E-state index contributed by atoms with van der Waals surface area (Å²) >= 11 is 0. The molecule has 4 aliphatic rings. The molecule has 9 atom stereocenters. The van der Waals surface area contributed by atoms with Crippen LogP contribution in [0.5, 0.6) is 0 Å². The van der Waals surface area contributed by atoms with Gasteiger partial charge in [-0.05, 0) is 118 Å². The predicted molar refractivity (Wildman–Crippen MR) is 134 cm³/mol. The average molecular weight is 445 g/mol. The Morgan fingerprint density at radius 1 is 1.03 bits per heavy atom. The Labute approximate surface area is 198 Å². The summed E-state index contributed by atoms with van der Waals surface area (Å²) in [5, 5.41) is 21.4. The number of allylic oxidation sites excluding steroid dienone is 1. The maximum absolute atomic E-state index is 10.7. The first kappa shape index (κ1) is 24.8. The lowest BCUT2D eigenvalue weighted by atomic mass is 9.46. The maximum Gasteiger partial charge on any atom is 0.0657 e. The second-order valence-electron chi connectivity index (χ2n) is 14.0. The summed E-state index contributed by atoms with van der Waals surface area (Å²) in [4.78, 5) is 0. The van der Waals surface area contributed by atoms with Crippen molar-refractivity contribution in [2.24, 2.45) is 46.3 Å². The molecular weight excluding hydrogens is 392 g/mol. The Morgan fingerprint density at radius 2 is 1.75 bits per heavy atom. The van der Waals surface area contributed by atoms with E-state index >= 15 is 0 Å². The fourth-order valence-electron chi connectivity index (χ4n) is 9.05. The lowest BCUT2D eigenvalue weighted by molar-refractivity contribution is -0.0709. The van der Waals surface area contributed by atoms with Crippen molar-refractivity contribution in [3.8, 4) is 0 Å². The van der Waals surface area contributed by atoms with Crippen LogP contribution in [0, 0.1) is 46.3 Å². The number of hydrogen-bond donors (Lipinski definition) is 2. The number of aliphatic hydroxyl groups is 2. The van der Waals surface area contributed by atoms with Crippen LogP contribution in [0.3, 0.4) is 0 Å². The molecule has 4 aliphatic carbocycles. The fraction of sp³-hybridized carbons (Fsp3) is 0.933. The molecule has 0 amide bonds. The molecule has 32 heavy (non-hydrogen) atoms. The minimum atomic E-state index is -0.522. The molecule has 0 aromatic rings. The molecule has 184 valence electrons. The second-order valence-corrected chi connectivity index (χ2v) is 14.0. The van der Waals surface area contributed by atoms with Gasteiger partial charge in [-0.15, -0.1) is 0 Å². The van der Waals surface area contributed by atoms with Gasteiger partial charge in [0.15, 0.2) is 0 Å². The van der Waals surface area contributed by atoms with Crippen molar-refractivity contribution in [2.75, 3.05) is 0 Å². The Bertz CT molecular complexity index is 718.